The van der Waals surface area contributed by atoms with E-state index < -0.39 is 11.8 Å². The fourth-order valence-corrected chi connectivity index (χ4v) is 3.68. The zero-order chi connectivity index (χ0) is 21.8. The van der Waals surface area contributed by atoms with E-state index in [2.05, 4.69) is 47.3 Å². The summed E-state index contributed by atoms with van der Waals surface area (Å²) in [4.78, 5) is 28.9. The quantitative estimate of drug-likeness (QED) is 0.347. The van der Waals surface area contributed by atoms with Gasteiger partial charge in [-0.15, -0.1) is 5.10 Å². The average molecular weight is 576 g/mol. The number of imide groups is 1. The van der Waals surface area contributed by atoms with Gasteiger partial charge in [0.05, 0.1) is 27.7 Å². The highest BCUT2D eigenvalue weighted by Crippen LogP contribution is 2.27. The number of hydrogen-bond acceptors (Lipinski definition) is 5. The first kappa shape index (κ1) is 22.9. The van der Waals surface area contributed by atoms with E-state index in [1.165, 1.54) is 16.9 Å². The van der Waals surface area contributed by atoms with Crippen LogP contribution in [0.15, 0.2) is 45.3 Å². The average Bonchev–Trinajstić information content (AvgIpc) is 3.18. The maximum Gasteiger partial charge on any atom is 0.280 e. The molecule has 0 N–H and O–H groups in total. The van der Waals surface area contributed by atoms with Crippen molar-refractivity contribution in [2.24, 2.45) is 0 Å². The van der Waals surface area contributed by atoms with Crippen molar-refractivity contribution < 1.29 is 9.59 Å². The maximum atomic E-state index is 13.4. The Hall–Kier alpha value is -1.81. The molecular weight excluding hydrogens is 561 g/mol. The molecule has 2 amide bonds. The van der Waals surface area contributed by atoms with E-state index in [1.807, 2.05) is 6.92 Å². The van der Waals surface area contributed by atoms with Crippen molar-refractivity contribution in [2.75, 3.05) is 4.90 Å². The third kappa shape index (κ3) is 5.08. The van der Waals surface area contributed by atoms with E-state index in [9.17, 15) is 9.59 Å². The molecule has 0 aliphatic carbocycles. The monoisotopic (exact) mass is 573 g/mol. The number of tetrazole rings is 1. The number of rotatable bonds is 6. The summed E-state index contributed by atoms with van der Waals surface area (Å²) < 4.78 is 1.25. The SMILES string of the molecule is CCCCn1nnc(N(C(=O)c2cc(Br)ccc2Cl)C(=O)c2cc(Br)ccc2Cl)n1. The zero-order valence-electron chi connectivity index (χ0n) is 15.6. The van der Waals surface area contributed by atoms with Gasteiger partial charge in [-0.2, -0.15) is 4.80 Å². The van der Waals surface area contributed by atoms with Crippen LogP contribution in [0.1, 0.15) is 40.5 Å². The predicted molar refractivity (Wildman–Crippen MR) is 122 cm³/mol. The maximum absolute atomic E-state index is 13.4. The van der Waals surface area contributed by atoms with Gasteiger partial charge in [0.15, 0.2) is 0 Å². The van der Waals surface area contributed by atoms with Crippen LogP contribution < -0.4 is 4.90 Å². The van der Waals surface area contributed by atoms with Gasteiger partial charge in [0, 0.05) is 8.95 Å². The van der Waals surface area contributed by atoms with E-state index in [1.54, 1.807) is 24.3 Å². The summed E-state index contributed by atoms with van der Waals surface area (Å²) in [7, 11) is 0. The summed E-state index contributed by atoms with van der Waals surface area (Å²) >= 11 is 19.1. The molecule has 0 unspecified atom stereocenters. The molecule has 0 saturated heterocycles. The van der Waals surface area contributed by atoms with E-state index in [0.29, 0.717) is 15.5 Å². The van der Waals surface area contributed by atoms with Crippen LogP contribution >= 0.6 is 55.1 Å². The lowest BCUT2D eigenvalue weighted by Gasteiger charge is -2.18. The van der Waals surface area contributed by atoms with Crippen LogP contribution in [-0.2, 0) is 6.54 Å². The Morgan fingerprint density at radius 1 is 1.00 bits per heavy atom. The molecule has 3 aromatic rings. The first-order valence-corrected chi connectivity index (χ1v) is 11.2. The number of carbonyl (C=O) groups excluding carboxylic acids is 2. The Morgan fingerprint density at radius 2 is 1.53 bits per heavy atom. The van der Waals surface area contributed by atoms with Crippen molar-refractivity contribution in [1.82, 2.24) is 20.2 Å². The number of aryl methyl sites for hydroxylation is 1. The Balaban J connectivity index is 2.09. The summed E-state index contributed by atoms with van der Waals surface area (Å²) in [6, 6.07) is 9.54. The van der Waals surface area contributed by atoms with Crippen molar-refractivity contribution in [3.05, 3.63) is 66.5 Å². The number of nitrogens with zero attached hydrogens (tertiary/aromatic N) is 5. The minimum atomic E-state index is -0.697. The first-order valence-electron chi connectivity index (χ1n) is 8.88. The molecule has 11 heteroatoms. The molecule has 0 aliphatic rings. The van der Waals surface area contributed by atoms with Crippen molar-refractivity contribution in [3.8, 4) is 0 Å². The molecule has 0 spiro atoms. The lowest BCUT2D eigenvalue weighted by molar-refractivity contribution is 0.0895. The highest BCUT2D eigenvalue weighted by molar-refractivity contribution is 9.10. The minimum Gasteiger partial charge on any atom is -0.268 e. The number of unbranched alkanes of at least 4 members (excludes halogenated alkanes) is 1. The predicted octanol–water partition coefficient (Wildman–Crippen LogP) is 5.79. The Kier molecular flexibility index (Phi) is 7.62. The largest absolute Gasteiger partial charge is 0.280 e. The normalized spacial score (nSPS) is 10.8. The van der Waals surface area contributed by atoms with Crippen molar-refractivity contribution in [2.45, 2.75) is 26.3 Å². The molecule has 0 aliphatic heterocycles. The van der Waals surface area contributed by atoms with Crippen LogP contribution in [0.4, 0.5) is 5.95 Å². The van der Waals surface area contributed by atoms with Gasteiger partial charge in [-0.3, -0.25) is 9.59 Å². The van der Waals surface area contributed by atoms with E-state index in [4.69, 9.17) is 23.2 Å². The molecule has 0 atom stereocenters. The lowest BCUT2D eigenvalue weighted by Crippen LogP contribution is -2.38. The molecule has 0 bridgehead atoms. The van der Waals surface area contributed by atoms with Gasteiger partial charge in [-0.1, -0.05) is 73.5 Å². The number of benzene rings is 2. The van der Waals surface area contributed by atoms with Gasteiger partial charge in [0.25, 0.3) is 17.8 Å². The second-order valence-corrected chi connectivity index (χ2v) is 8.88. The number of anilines is 1. The Labute approximate surface area is 199 Å². The number of carbonyl (C=O) groups is 2. The number of halogens is 4. The number of hydrogen-bond donors (Lipinski definition) is 0. The fraction of sp³-hybridized carbons (Fsp3) is 0.211. The lowest BCUT2D eigenvalue weighted by atomic mass is 10.1. The topological polar surface area (TPSA) is 81.0 Å². The Morgan fingerprint density at radius 3 is 2.03 bits per heavy atom. The smallest absolute Gasteiger partial charge is 0.268 e. The van der Waals surface area contributed by atoms with Crippen molar-refractivity contribution in [3.63, 3.8) is 0 Å². The summed E-state index contributed by atoms with van der Waals surface area (Å²) in [5, 5.41) is 12.5. The van der Waals surface area contributed by atoms with Crippen LogP contribution in [0.3, 0.4) is 0 Å². The van der Waals surface area contributed by atoms with Crippen LogP contribution in [0.5, 0.6) is 0 Å². The van der Waals surface area contributed by atoms with Crippen LogP contribution in [0.25, 0.3) is 0 Å². The molecule has 7 nitrogen and oxygen atoms in total. The highest BCUT2D eigenvalue weighted by Gasteiger charge is 2.32. The molecule has 0 radical (unpaired) electrons. The summed E-state index contributed by atoms with van der Waals surface area (Å²) in [5.74, 6) is -1.55. The van der Waals surface area contributed by atoms with E-state index in [-0.39, 0.29) is 27.1 Å². The zero-order valence-corrected chi connectivity index (χ0v) is 20.3. The molecule has 2 aromatic carbocycles. The molecule has 1 aromatic heterocycles. The highest BCUT2D eigenvalue weighted by atomic mass is 79.9. The van der Waals surface area contributed by atoms with Gasteiger partial charge in [-0.25, -0.2) is 4.90 Å². The van der Waals surface area contributed by atoms with Crippen LogP contribution in [-0.4, -0.2) is 32.0 Å². The van der Waals surface area contributed by atoms with Gasteiger partial charge in [0.2, 0.25) is 0 Å². The number of aromatic nitrogens is 4. The van der Waals surface area contributed by atoms with Gasteiger partial charge >= 0.3 is 0 Å². The third-order valence-corrected chi connectivity index (χ3v) is 5.72. The van der Waals surface area contributed by atoms with Crippen LogP contribution in [0, 0.1) is 0 Å². The van der Waals surface area contributed by atoms with Crippen molar-refractivity contribution in [1.29, 1.82) is 0 Å². The molecule has 30 heavy (non-hydrogen) atoms. The van der Waals surface area contributed by atoms with E-state index in [0.717, 1.165) is 17.7 Å². The second kappa shape index (κ2) is 10.00. The summed E-state index contributed by atoms with van der Waals surface area (Å²) in [6.45, 7) is 2.54. The fourth-order valence-electron chi connectivity index (χ4n) is 2.56. The summed E-state index contributed by atoms with van der Waals surface area (Å²) in [5.41, 5.74) is 0.214. The first-order chi connectivity index (χ1) is 14.3. The molecule has 0 saturated carbocycles. The van der Waals surface area contributed by atoms with Crippen molar-refractivity contribution >= 4 is 72.8 Å². The van der Waals surface area contributed by atoms with E-state index >= 15 is 0 Å². The Bertz CT molecular complexity index is 1040. The summed E-state index contributed by atoms with van der Waals surface area (Å²) in [6.07, 6.45) is 1.76. The van der Waals surface area contributed by atoms with Gasteiger partial charge < -0.3 is 0 Å². The molecule has 3 rings (SSSR count). The molecule has 156 valence electrons. The minimum absolute atomic E-state index is 0.107. The standard InChI is InChI=1S/C19H15Br2Cl2N5O2/c1-2-3-8-27-25-19(24-26-27)28(17(29)13-9-11(20)4-6-15(13)22)18(30)14-10-12(21)5-7-16(14)23/h4-7,9-10H,2-3,8H2,1H3. The third-order valence-electron chi connectivity index (χ3n) is 4.08. The van der Waals surface area contributed by atoms with Gasteiger partial charge in [-0.05, 0) is 48.0 Å². The molecule has 1 heterocycles. The molecule has 0 fully saturated rings. The second-order valence-electron chi connectivity index (χ2n) is 6.23. The van der Waals surface area contributed by atoms with Gasteiger partial charge in [0.1, 0.15) is 0 Å². The van der Waals surface area contributed by atoms with Crippen LogP contribution in [0.2, 0.25) is 10.0 Å². The number of amides is 2. The molecular formula is C19H15Br2Cl2N5O2.